The first-order valence-electron chi connectivity index (χ1n) is 19.4. The van der Waals surface area contributed by atoms with Crippen LogP contribution in [0.15, 0.2) is 66.9 Å². The summed E-state index contributed by atoms with van der Waals surface area (Å²) >= 11 is 0.957. The summed E-state index contributed by atoms with van der Waals surface area (Å²) in [6.07, 6.45) is 2.86. The van der Waals surface area contributed by atoms with Crippen LogP contribution in [0.3, 0.4) is 0 Å². The van der Waals surface area contributed by atoms with E-state index in [-0.39, 0.29) is 42.0 Å². The van der Waals surface area contributed by atoms with Crippen molar-refractivity contribution in [3.63, 3.8) is 0 Å². The minimum Gasteiger partial charge on any atom is -0.472 e. The van der Waals surface area contributed by atoms with Gasteiger partial charge in [-0.25, -0.2) is 17.8 Å². The number of sulfonamides is 1. The maximum Gasteiger partial charge on any atom is 0.573 e. The molecule has 2 aromatic carbocycles. The van der Waals surface area contributed by atoms with Crippen molar-refractivity contribution in [3.05, 3.63) is 71.8 Å². The molecule has 3 fully saturated rings. The third kappa shape index (κ3) is 8.31. The fourth-order valence-electron chi connectivity index (χ4n) is 7.86. The molecule has 4 amide bonds. The van der Waals surface area contributed by atoms with Gasteiger partial charge in [0.15, 0.2) is 0 Å². The predicted molar refractivity (Wildman–Crippen MR) is 210 cm³/mol. The molecular weight excluding hydrogens is 814 g/mol. The van der Waals surface area contributed by atoms with E-state index in [0.29, 0.717) is 48.4 Å². The molecule has 3 N–H and O–H groups in total. The molecule has 59 heavy (non-hydrogen) atoms. The monoisotopic (exact) mass is 854 g/mol. The molecule has 14 nitrogen and oxygen atoms in total. The van der Waals surface area contributed by atoms with Crippen LogP contribution in [0.1, 0.15) is 74.4 Å². The summed E-state index contributed by atoms with van der Waals surface area (Å²) in [5.74, 6) is -3.83. The van der Waals surface area contributed by atoms with E-state index in [9.17, 15) is 40.8 Å². The van der Waals surface area contributed by atoms with Crippen molar-refractivity contribution in [2.75, 3.05) is 6.54 Å². The summed E-state index contributed by atoms with van der Waals surface area (Å²) in [7, 11) is -4.07. The maximum atomic E-state index is 14.6. The first-order valence-corrected chi connectivity index (χ1v) is 21.6. The number of benzene rings is 2. The molecule has 8 rings (SSSR count). The highest BCUT2D eigenvalue weighted by Crippen LogP contribution is 2.48. The Balaban J connectivity index is 1.14. The summed E-state index contributed by atoms with van der Waals surface area (Å²) in [6, 6.07) is 9.96. The zero-order valence-electron chi connectivity index (χ0n) is 31.8. The number of carbonyl (C=O) groups excluding carboxylic acids is 4. The number of aromatic nitrogens is 2. The summed E-state index contributed by atoms with van der Waals surface area (Å²) in [5, 5.41) is 6.98. The molecule has 4 aromatic rings. The number of allylic oxidation sites excluding steroid dienone is 1. The second-order valence-electron chi connectivity index (χ2n) is 15.8. The maximum absolute atomic E-state index is 14.6. The van der Waals surface area contributed by atoms with E-state index in [1.165, 1.54) is 29.3 Å². The largest absolute Gasteiger partial charge is 0.573 e. The summed E-state index contributed by atoms with van der Waals surface area (Å²) < 4.78 is 82.0. The van der Waals surface area contributed by atoms with Gasteiger partial charge >= 0.3 is 6.36 Å². The highest BCUT2D eigenvalue weighted by atomic mass is 32.2. The number of hydrogen-bond acceptors (Lipinski definition) is 11. The Hall–Kier alpha value is -5.30. The number of pyridine rings is 1. The molecule has 2 aromatic heterocycles. The highest BCUT2D eigenvalue weighted by molar-refractivity contribution is 7.91. The Labute approximate surface area is 341 Å². The number of rotatable bonds is 8. The van der Waals surface area contributed by atoms with E-state index in [1.54, 1.807) is 37.3 Å². The van der Waals surface area contributed by atoms with Crippen LogP contribution in [0.2, 0.25) is 0 Å². The SMILES string of the molecule is CC1(S(=O)(=O)NC(=O)[C@@]23C[C@H]2/C=C\CCCCC[C@H](NC(=O)c2ccns2)C(=O)N2C[C@H](Oc4nc5ccccc5c5ccc(OC(F)(F)F)cc45)C[C@H]2C(=O)N3)CC1. The Morgan fingerprint density at radius 2 is 1.83 bits per heavy atom. The van der Waals surface area contributed by atoms with Crippen LogP contribution >= 0.6 is 11.5 Å². The summed E-state index contributed by atoms with van der Waals surface area (Å²) in [5.41, 5.74) is -1.15. The first kappa shape index (κ1) is 40.5. The molecule has 0 radical (unpaired) electrons. The molecule has 4 aliphatic rings. The number of fused-ring (bicyclic) bond motifs is 5. The molecule has 2 saturated carbocycles. The Morgan fingerprint density at radius 3 is 2.58 bits per heavy atom. The van der Waals surface area contributed by atoms with Crippen LogP contribution in [0.25, 0.3) is 21.7 Å². The molecule has 2 aliphatic carbocycles. The number of carbonyl (C=O) groups is 4. The molecule has 4 heterocycles. The van der Waals surface area contributed by atoms with Gasteiger partial charge in [0.25, 0.3) is 11.8 Å². The lowest BCUT2D eigenvalue weighted by atomic mass is 10.0. The number of hydrogen-bond donors (Lipinski definition) is 3. The van der Waals surface area contributed by atoms with Crippen molar-refractivity contribution in [1.82, 2.24) is 29.6 Å². The Morgan fingerprint density at radius 1 is 1.03 bits per heavy atom. The zero-order valence-corrected chi connectivity index (χ0v) is 33.4. The predicted octanol–water partition coefficient (Wildman–Crippen LogP) is 5.28. The standard InChI is InChI=1S/C40H41F3N6O8S2/c1-38(16-17-38)59(54,55)48-37(53)39-21-23(39)9-5-3-2-4-6-12-30(45-34(51)32-15-18-44-58-32)36(52)49-22-25(20-31(49)33(50)47-39)56-35-28-19-24(57-40(41,42)43)13-14-26(28)27-10-7-8-11-29(27)46-35/h5,7-11,13-15,18-19,23,25,30-31H,2-4,6,12,16-17,20-22H2,1H3,(H,45,51)(H,47,50)(H,48,53)/b9-5-/t23-,25-,30+,31+,39-/m1/s1. The van der Waals surface area contributed by atoms with E-state index in [4.69, 9.17) is 4.74 Å². The van der Waals surface area contributed by atoms with Crippen LogP contribution < -0.4 is 24.8 Å². The van der Waals surface area contributed by atoms with E-state index in [1.807, 2.05) is 6.08 Å². The normalized spacial score (nSPS) is 26.4. The van der Waals surface area contributed by atoms with Crippen LogP contribution in [-0.4, -0.2) is 87.7 Å². The van der Waals surface area contributed by atoms with Crippen LogP contribution in [-0.2, 0) is 24.4 Å². The average molecular weight is 855 g/mol. The fourth-order valence-corrected chi connectivity index (χ4v) is 9.67. The van der Waals surface area contributed by atoms with Crippen molar-refractivity contribution in [3.8, 4) is 11.6 Å². The van der Waals surface area contributed by atoms with Gasteiger partial charge in [-0.1, -0.05) is 43.2 Å². The second-order valence-corrected chi connectivity index (χ2v) is 18.8. The van der Waals surface area contributed by atoms with Gasteiger partial charge in [0.2, 0.25) is 27.7 Å². The Kier molecular flexibility index (Phi) is 10.6. The van der Waals surface area contributed by atoms with Crippen LogP contribution in [0.4, 0.5) is 13.2 Å². The van der Waals surface area contributed by atoms with Gasteiger partial charge in [0.05, 0.1) is 16.8 Å². The van der Waals surface area contributed by atoms with E-state index in [2.05, 4.69) is 29.5 Å². The van der Waals surface area contributed by atoms with E-state index < -0.39 is 80.2 Å². The summed E-state index contributed by atoms with van der Waals surface area (Å²) in [4.78, 5) is 62.6. The molecular formula is C40H41F3N6O8S2. The van der Waals surface area contributed by atoms with Crippen molar-refractivity contribution in [1.29, 1.82) is 0 Å². The molecule has 0 bridgehead atoms. The van der Waals surface area contributed by atoms with Gasteiger partial charge in [-0.05, 0) is 92.7 Å². The van der Waals surface area contributed by atoms with Crippen LogP contribution in [0.5, 0.6) is 11.6 Å². The lowest BCUT2D eigenvalue weighted by Gasteiger charge is -2.30. The highest BCUT2D eigenvalue weighted by Gasteiger charge is 2.63. The third-order valence-corrected chi connectivity index (χ3v) is 14.5. The fraction of sp³-hybridized carbons (Fsp3) is 0.450. The molecule has 312 valence electrons. The van der Waals surface area contributed by atoms with Gasteiger partial charge in [0.1, 0.15) is 34.4 Å². The smallest absolute Gasteiger partial charge is 0.472 e. The van der Waals surface area contributed by atoms with E-state index >= 15 is 0 Å². The minimum atomic E-state index is -4.97. The van der Waals surface area contributed by atoms with Crippen molar-refractivity contribution < 1.29 is 50.2 Å². The summed E-state index contributed by atoms with van der Waals surface area (Å²) in [6.45, 7) is 1.34. The van der Waals surface area contributed by atoms with Crippen molar-refractivity contribution in [2.24, 2.45) is 5.92 Å². The number of amides is 4. The van der Waals surface area contributed by atoms with Gasteiger partial charge in [-0.3, -0.25) is 23.9 Å². The number of nitrogens with zero attached hydrogens (tertiary/aromatic N) is 3. The topological polar surface area (TPSA) is 186 Å². The van der Waals surface area contributed by atoms with Gasteiger partial charge in [0, 0.05) is 29.3 Å². The molecule has 1 saturated heterocycles. The number of halogens is 3. The lowest BCUT2D eigenvalue weighted by molar-refractivity contribution is -0.274. The number of para-hydroxylation sites is 1. The molecule has 5 atom stereocenters. The quantitative estimate of drug-likeness (QED) is 0.156. The van der Waals surface area contributed by atoms with Gasteiger partial charge < -0.3 is 25.0 Å². The third-order valence-electron chi connectivity index (χ3n) is 11.6. The number of ether oxygens (including phenoxy) is 2. The van der Waals surface area contributed by atoms with Crippen molar-refractivity contribution >= 4 is 66.9 Å². The van der Waals surface area contributed by atoms with Gasteiger partial charge in [-0.2, -0.15) is 0 Å². The average Bonchev–Trinajstić information content (AvgIpc) is 3.93. The van der Waals surface area contributed by atoms with Crippen molar-refractivity contribution in [2.45, 2.75) is 99.5 Å². The number of alkyl halides is 3. The molecule has 0 spiro atoms. The molecule has 2 aliphatic heterocycles. The molecule has 0 unspecified atom stereocenters. The zero-order chi connectivity index (χ0) is 41.7. The minimum absolute atomic E-state index is 0.0657. The van der Waals surface area contributed by atoms with E-state index in [0.717, 1.165) is 24.0 Å². The molecule has 19 heteroatoms. The lowest BCUT2D eigenvalue weighted by Crippen LogP contribution is -2.58. The second kappa shape index (κ2) is 15.4. The van der Waals surface area contributed by atoms with Gasteiger partial charge in [-0.15, -0.1) is 13.2 Å². The van der Waals surface area contributed by atoms with Crippen LogP contribution in [0, 0.1) is 5.92 Å². The Bertz CT molecular complexity index is 2460. The first-order chi connectivity index (χ1) is 28.1. The number of nitrogens with one attached hydrogen (secondary N) is 3.